The molecule has 0 radical (unpaired) electrons. The quantitative estimate of drug-likeness (QED) is 0.805. The first-order chi connectivity index (χ1) is 8.82. The lowest BCUT2D eigenvalue weighted by molar-refractivity contribution is -0.127. The average Bonchev–Trinajstić information content (AvgIpc) is 2.27. The van der Waals surface area contributed by atoms with Gasteiger partial charge in [0.15, 0.2) is 0 Å². The first-order valence-electron chi connectivity index (χ1n) is 7.86. The maximum absolute atomic E-state index is 12.3. The highest BCUT2D eigenvalue weighted by atomic mass is 16.1. The van der Waals surface area contributed by atoms with E-state index in [0.29, 0.717) is 23.7 Å². The summed E-state index contributed by atoms with van der Waals surface area (Å²) in [6.07, 6.45) is 2.91. The van der Waals surface area contributed by atoms with Gasteiger partial charge in [-0.15, -0.1) is 0 Å². The smallest absolute Gasteiger partial charge is 0.223 e. The number of carbonyl (C=O) groups is 1. The second-order valence-corrected chi connectivity index (χ2v) is 7.05. The van der Waals surface area contributed by atoms with Crippen molar-refractivity contribution in [2.24, 2.45) is 35.3 Å². The molecule has 3 atom stereocenters. The third kappa shape index (κ3) is 4.79. The van der Waals surface area contributed by atoms with Gasteiger partial charge < -0.3 is 11.1 Å². The molecule has 3 nitrogen and oxygen atoms in total. The van der Waals surface area contributed by atoms with Crippen LogP contribution in [0.4, 0.5) is 0 Å². The fraction of sp³-hybridized carbons (Fsp3) is 0.938. The molecule has 0 aliphatic heterocycles. The van der Waals surface area contributed by atoms with Gasteiger partial charge in [0.25, 0.3) is 0 Å². The Kier molecular flexibility index (Phi) is 6.31. The van der Waals surface area contributed by atoms with E-state index in [4.69, 9.17) is 5.73 Å². The van der Waals surface area contributed by atoms with Crippen LogP contribution >= 0.6 is 0 Å². The molecule has 1 aliphatic carbocycles. The Hall–Kier alpha value is -0.570. The van der Waals surface area contributed by atoms with Crippen LogP contribution < -0.4 is 11.1 Å². The maximum Gasteiger partial charge on any atom is 0.223 e. The minimum atomic E-state index is 0.166. The molecule has 3 heteroatoms. The molecule has 1 saturated carbocycles. The summed E-state index contributed by atoms with van der Waals surface area (Å²) < 4.78 is 0. The van der Waals surface area contributed by atoms with Gasteiger partial charge in [-0.2, -0.15) is 0 Å². The van der Waals surface area contributed by atoms with Crippen molar-refractivity contribution in [1.82, 2.24) is 5.32 Å². The summed E-state index contributed by atoms with van der Waals surface area (Å²) in [6, 6.07) is 0.290. The minimum absolute atomic E-state index is 0.166. The van der Waals surface area contributed by atoms with Gasteiger partial charge in [0.1, 0.15) is 0 Å². The van der Waals surface area contributed by atoms with Crippen LogP contribution in [0.25, 0.3) is 0 Å². The molecule has 1 rings (SSSR count). The first kappa shape index (κ1) is 16.5. The lowest BCUT2D eigenvalue weighted by atomic mass is 9.77. The molecule has 19 heavy (non-hydrogen) atoms. The molecule has 3 N–H and O–H groups in total. The third-order valence-corrected chi connectivity index (χ3v) is 4.77. The molecule has 0 bridgehead atoms. The molecule has 0 heterocycles. The lowest BCUT2D eigenvalue weighted by Gasteiger charge is -2.32. The monoisotopic (exact) mass is 268 g/mol. The van der Waals surface area contributed by atoms with Gasteiger partial charge >= 0.3 is 0 Å². The zero-order valence-electron chi connectivity index (χ0n) is 13.3. The van der Waals surface area contributed by atoms with Gasteiger partial charge in [-0.25, -0.2) is 0 Å². The first-order valence-corrected chi connectivity index (χ1v) is 7.86. The molecule has 1 aliphatic rings. The normalized spacial score (nSPS) is 28.2. The number of carbonyl (C=O) groups excluding carboxylic acids is 1. The van der Waals surface area contributed by atoms with E-state index in [1.807, 2.05) is 0 Å². The highest BCUT2D eigenvalue weighted by Gasteiger charge is 2.31. The van der Waals surface area contributed by atoms with Gasteiger partial charge in [0.05, 0.1) is 0 Å². The highest BCUT2D eigenvalue weighted by molar-refractivity contribution is 5.79. The zero-order chi connectivity index (χ0) is 14.6. The van der Waals surface area contributed by atoms with Crippen LogP contribution in [0, 0.1) is 29.6 Å². The van der Waals surface area contributed by atoms with Crippen molar-refractivity contribution in [2.75, 3.05) is 6.54 Å². The standard InChI is InChI=1S/C16H32N2O/c1-10(2)15(11(3)4)9-18-16(19)14-7-6-13(17)8-12(14)5/h10-15H,6-9,17H2,1-5H3,(H,18,19). The van der Waals surface area contributed by atoms with E-state index in [9.17, 15) is 4.79 Å². The second kappa shape index (κ2) is 7.28. The summed E-state index contributed by atoms with van der Waals surface area (Å²) in [6.45, 7) is 11.9. The van der Waals surface area contributed by atoms with Crippen LogP contribution in [0.2, 0.25) is 0 Å². The van der Waals surface area contributed by atoms with Crippen LogP contribution in [0.5, 0.6) is 0 Å². The van der Waals surface area contributed by atoms with Crippen LogP contribution in [-0.2, 0) is 4.79 Å². The largest absolute Gasteiger partial charge is 0.356 e. The summed E-state index contributed by atoms with van der Waals surface area (Å²) in [5.74, 6) is 2.60. The van der Waals surface area contributed by atoms with Crippen molar-refractivity contribution in [3.8, 4) is 0 Å². The zero-order valence-corrected chi connectivity index (χ0v) is 13.3. The summed E-state index contributed by atoms with van der Waals surface area (Å²) in [7, 11) is 0. The molecular formula is C16H32N2O. The molecular weight excluding hydrogens is 236 g/mol. The Bertz CT molecular complexity index is 280. The third-order valence-electron chi connectivity index (χ3n) is 4.77. The Labute approximate surface area is 118 Å². The summed E-state index contributed by atoms with van der Waals surface area (Å²) in [5.41, 5.74) is 5.96. The van der Waals surface area contributed by atoms with Gasteiger partial charge in [-0.1, -0.05) is 34.6 Å². The molecule has 1 amide bonds. The van der Waals surface area contributed by atoms with Crippen molar-refractivity contribution < 1.29 is 4.79 Å². The van der Waals surface area contributed by atoms with E-state index in [2.05, 4.69) is 39.9 Å². The topological polar surface area (TPSA) is 55.1 Å². The van der Waals surface area contributed by atoms with Crippen LogP contribution in [0.15, 0.2) is 0 Å². The molecule has 112 valence electrons. The highest BCUT2D eigenvalue weighted by Crippen LogP contribution is 2.29. The fourth-order valence-corrected chi connectivity index (χ4v) is 3.42. The van der Waals surface area contributed by atoms with E-state index >= 15 is 0 Å². The lowest BCUT2D eigenvalue weighted by Crippen LogP contribution is -2.43. The van der Waals surface area contributed by atoms with Crippen LogP contribution in [0.3, 0.4) is 0 Å². The Balaban J connectivity index is 2.46. The molecule has 0 spiro atoms. The van der Waals surface area contributed by atoms with E-state index < -0.39 is 0 Å². The number of rotatable bonds is 5. The summed E-state index contributed by atoms with van der Waals surface area (Å²) in [5, 5.41) is 3.18. The van der Waals surface area contributed by atoms with E-state index in [1.165, 1.54) is 0 Å². The number of amides is 1. The molecule has 0 aromatic heterocycles. The van der Waals surface area contributed by atoms with Crippen LogP contribution in [0.1, 0.15) is 53.9 Å². The molecule has 0 aromatic rings. The molecule has 0 aromatic carbocycles. The average molecular weight is 268 g/mol. The summed E-state index contributed by atoms with van der Waals surface area (Å²) in [4.78, 5) is 12.3. The minimum Gasteiger partial charge on any atom is -0.356 e. The Morgan fingerprint density at radius 2 is 1.79 bits per heavy atom. The van der Waals surface area contributed by atoms with Crippen molar-refractivity contribution in [1.29, 1.82) is 0 Å². The SMILES string of the molecule is CC(C)C(CNC(=O)C1CCC(N)CC1C)C(C)C. The molecule has 3 unspecified atom stereocenters. The fourth-order valence-electron chi connectivity index (χ4n) is 3.42. The van der Waals surface area contributed by atoms with Gasteiger partial charge in [-0.3, -0.25) is 4.79 Å². The summed E-state index contributed by atoms with van der Waals surface area (Å²) >= 11 is 0. The van der Waals surface area contributed by atoms with Crippen molar-refractivity contribution in [3.05, 3.63) is 0 Å². The van der Waals surface area contributed by atoms with Crippen LogP contribution in [-0.4, -0.2) is 18.5 Å². The van der Waals surface area contributed by atoms with Gasteiger partial charge in [0, 0.05) is 18.5 Å². The van der Waals surface area contributed by atoms with Gasteiger partial charge in [-0.05, 0) is 42.9 Å². The predicted molar refractivity (Wildman–Crippen MR) is 80.7 cm³/mol. The van der Waals surface area contributed by atoms with Gasteiger partial charge in [0.2, 0.25) is 5.91 Å². The van der Waals surface area contributed by atoms with E-state index in [0.717, 1.165) is 25.8 Å². The Morgan fingerprint density at radius 3 is 2.26 bits per heavy atom. The van der Waals surface area contributed by atoms with E-state index in [-0.39, 0.29) is 17.9 Å². The number of hydrogen-bond acceptors (Lipinski definition) is 2. The maximum atomic E-state index is 12.3. The molecule has 0 saturated heterocycles. The Morgan fingerprint density at radius 1 is 1.21 bits per heavy atom. The van der Waals surface area contributed by atoms with E-state index in [1.54, 1.807) is 0 Å². The van der Waals surface area contributed by atoms with Crippen molar-refractivity contribution in [2.45, 2.75) is 59.9 Å². The number of hydrogen-bond donors (Lipinski definition) is 2. The second-order valence-electron chi connectivity index (χ2n) is 7.05. The van der Waals surface area contributed by atoms with Crippen molar-refractivity contribution >= 4 is 5.91 Å². The number of nitrogens with two attached hydrogens (primary N) is 1. The number of nitrogens with one attached hydrogen (secondary N) is 1. The van der Waals surface area contributed by atoms with Crippen molar-refractivity contribution in [3.63, 3.8) is 0 Å². The molecule has 1 fully saturated rings. The predicted octanol–water partition coefficient (Wildman–Crippen LogP) is 2.79.